The van der Waals surface area contributed by atoms with Crippen LogP contribution in [0, 0.1) is 0 Å². The van der Waals surface area contributed by atoms with E-state index in [2.05, 4.69) is 52.4 Å². The van der Waals surface area contributed by atoms with Gasteiger partial charge in [0.25, 0.3) is 0 Å². The zero-order chi connectivity index (χ0) is 14.2. The smallest absolute Gasteiger partial charge is 0.129 e. The topological polar surface area (TPSA) is 34.4 Å². The van der Waals surface area contributed by atoms with Crippen LogP contribution in [0.25, 0.3) is 0 Å². The van der Waals surface area contributed by atoms with Crippen molar-refractivity contribution in [1.29, 1.82) is 0 Å². The molecule has 1 aromatic carbocycles. The first-order chi connectivity index (χ1) is 9.75. The van der Waals surface area contributed by atoms with Gasteiger partial charge in [0.15, 0.2) is 0 Å². The van der Waals surface area contributed by atoms with E-state index in [9.17, 15) is 0 Å². The highest BCUT2D eigenvalue weighted by Gasteiger charge is 2.03. The van der Waals surface area contributed by atoms with Gasteiger partial charge in [0, 0.05) is 17.1 Å². The van der Waals surface area contributed by atoms with Crippen LogP contribution in [0.1, 0.15) is 30.7 Å². The van der Waals surface area contributed by atoms with E-state index in [0.717, 1.165) is 29.8 Å². The molecule has 0 bridgehead atoms. The second-order valence-electron chi connectivity index (χ2n) is 4.71. The van der Waals surface area contributed by atoms with Gasteiger partial charge in [-0.25, -0.2) is 0 Å². The van der Waals surface area contributed by atoms with Gasteiger partial charge < -0.3 is 14.5 Å². The van der Waals surface area contributed by atoms with Crippen molar-refractivity contribution >= 4 is 15.9 Å². The molecule has 20 heavy (non-hydrogen) atoms. The van der Waals surface area contributed by atoms with Crippen molar-refractivity contribution in [3.8, 4) is 0 Å². The Kier molecular flexibility index (Phi) is 6.30. The fourth-order valence-corrected chi connectivity index (χ4v) is 2.19. The highest BCUT2D eigenvalue weighted by molar-refractivity contribution is 9.10. The lowest BCUT2D eigenvalue weighted by molar-refractivity contribution is 0.104. The number of rotatable bonds is 8. The van der Waals surface area contributed by atoms with Crippen LogP contribution in [0.2, 0.25) is 0 Å². The van der Waals surface area contributed by atoms with Gasteiger partial charge in [-0.2, -0.15) is 0 Å². The van der Waals surface area contributed by atoms with Crippen LogP contribution in [0.5, 0.6) is 0 Å². The zero-order valence-corrected chi connectivity index (χ0v) is 13.2. The highest BCUT2D eigenvalue weighted by atomic mass is 79.9. The Morgan fingerprint density at radius 3 is 2.75 bits per heavy atom. The molecule has 0 fully saturated rings. The molecule has 108 valence electrons. The Hall–Kier alpha value is -1.10. The van der Waals surface area contributed by atoms with Crippen LogP contribution in [0.3, 0.4) is 0 Å². The number of hydrogen-bond donors (Lipinski definition) is 1. The second kappa shape index (κ2) is 8.25. The lowest BCUT2D eigenvalue weighted by Gasteiger charge is -2.14. The predicted molar refractivity (Wildman–Crippen MR) is 83.5 cm³/mol. The maximum atomic E-state index is 5.54. The first-order valence-electron chi connectivity index (χ1n) is 6.84. The quantitative estimate of drug-likeness (QED) is 0.729. The number of ether oxygens (including phenoxy) is 1. The Balaban J connectivity index is 1.57. The van der Waals surface area contributed by atoms with Crippen LogP contribution in [-0.4, -0.2) is 13.2 Å². The first kappa shape index (κ1) is 15.3. The fourth-order valence-electron chi connectivity index (χ4n) is 1.93. The molecule has 0 saturated carbocycles. The second-order valence-corrected chi connectivity index (χ2v) is 5.63. The Bertz CT molecular complexity index is 482. The number of benzene rings is 1. The molecule has 2 rings (SSSR count). The van der Waals surface area contributed by atoms with E-state index in [1.807, 2.05) is 12.1 Å². The van der Waals surface area contributed by atoms with Gasteiger partial charge in [-0.05, 0) is 49.7 Å². The van der Waals surface area contributed by atoms with Gasteiger partial charge in [-0.15, -0.1) is 0 Å². The normalized spacial score (nSPS) is 12.5. The summed E-state index contributed by atoms with van der Waals surface area (Å²) in [6, 6.07) is 12.6. The van der Waals surface area contributed by atoms with Crippen molar-refractivity contribution in [3.63, 3.8) is 0 Å². The van der Waals surface area contributed by atoms with E-state index in [4.69, 9.17) is 9.15 Å². The molecule has 0 saturated heterocycles. The minimum atomic E-state index is 0.355. The molecule has 0 aliphatic rings. The molecule has 0 spiro atoms. The summed E-state index contributed by atoms with van der Waals surface area (Å²) in [6.07, 6.45) is 2.65. The number of hydrogen-bond acceptors (Lipinski definition) is 3. The molecule has 0 aliphatic carbocycles. The highest BCUT2D eigenvalue weighted by Crippen LogP contribution is 2.16. The van der Waals surface area contributed by atoms with Crippen molar-refractivity contribution < 1.29 is 9.15 Å². The van der Waals surface area contributed by atoms with Crippen LogP contribution in [0.4, 0.5) is 0 Å². The van der Waals surface area contributed by atoms with Crippen LogP contribution >= 0.6 is 15.9 Å². The summed E-state index contributed by atoms with van der Waals surface area (Å²) < 4.78 is 11.9. The average Bonchev–Trinajstić information content (AvgIpc) is 2.96. The summed E-state index contributed by atoms with van der Waals surface area (Å²) in [4.78, 5) is 0. The van der Waals surface area contributed by atoms with E-state index in [-0.39, 0.29) is 0 Å². The minimum absolute atomic E-state index is 0.355. The van der Waals surface area contributed by atoms with E-state index in [1.165, 1.54) is 5.56 Å². The molecule has 0 aliphatic heterocycles. The molecule has 0 radical (unpaired) electrons. The number of nitrogens with one attached hydrogen (secondary N) is 1. The Labute approximate surface area is 128 Å². The monoisotopic (exact) mass is 337 g/mol. The van der Waals surface area contributed by atoms with Crippen molar-refractivity contribution in [2.24, 2.45) is 0 Å². The third-order valence-electron chi connectivity index (χ3n) is 3.11. The third-order valence-corrected chi connectivity index (χ3v) is 3.64. The molecule has 1 heterocycles. The van der Waals surface area contributed by atoms with Crippen molar-refractivity contribution in [2.45, 2.75) is 26.0 Å². The van der Waals surface area contributed by atoms with Crippen molar-refractivity contribution in [1.82, 2.24) is 5.32 Å². The molecular weight excluding hydrogens is 318 g/mol. The molecule has 1 aromatic heterocycles. The van der Waals surface area contributed by atoms with E-state index in [1.54, 1.807) is 6.26 Å². The van der Waals surface area contributed by atoms with E-state index in [0.29, 0.717) is 12.6 Å². The maximum Gasteiger partial charge on any atom is 0.129 e. The van der Waals surface area contributed by atoms with E-state index >= 15 is 0 Å². The Morgan fingerprint density at radius 2 is 2.05 bits per heavy atom. The van der Waals surface area contributed by atoms with Gasteiger partial charge in [0.05, 0.1) is 6.26 Å². The summed E-state index contributed by atoms with van der Waals surface area (Å²) in [5.74, 6) is 0.876. The minimum Gasteiger partial charge on any atom is -0.467 e. The van der Waals surface area contributed by atoms with Crippen molar-refractivity contribution in [2.75, 3.05) is 13.2 Å². The molecule has 2 aromatic rings. The maximum absolute atomic E-state index is 5.54. The molecule has 3 nitrogen and oxygen atoms in total. The lowest BCUT2D eigenvalue weighted by Crippen LogP contribution is -2.20. The molecule has 1 N–H and O–H groups in total. The fraction of sp³-hybridized carbons (Fsp3) is 0.375. The predicted octanol–water partition coefficient (Wildman–Crippen LogP) is 4.30. The van der Waals surface area contributed by atoms with Gasteiger partial charge in [-0.1, -0.05) is 28.1 Å². The molecular formula is C16H20BrNO2. The average molecular weight is 338 g/mol. The zero-order valence-electron chi connectivity index (χ0n) is 11.6. The largest absolute Gasteiger partial charge is 0.467 e. The lowest BCUT2D eigenvalue weighted by atomic mass is 10.1. The van der Waals surface area contributed by atoms with Crippen LogP contribution < -0.4 is 5.32 Å². The third kappa shape index (κ3) is 5.12. The summed E-state index contributed by atoms with van der Waals surface area (Å²) >= 11 is 3.45. The molecule has 1 unspecified atom stereocenters. The molecule has 4 heteroatoms. The standard InChI is InChI=1S/C16H20BrNO2/c1-13(14-5-7-15(17)8-6-14)18-9-3-10-19-12-16-4-2-11-20-16/h2,4-8,11,13,18H,3,9-10,12H2,1H3. The van der Waals surface area contributed by atoms with E-state index < -0.39 is 0 Å². The van der Waals surface area contributed by atoms with Crippen LogP contribution in [0.15, 0.2) is 51.6 Å². The Morgan fingerprint density at radius 1 is 1.25 bits per heavy atom. The van der Waals surface area contributed by atoms with Gasteiger partial charge in [0.2, 0.25) is 0 Å². The molecule has 0 amide bonds. The van der Waals surface area contributed by atoms with Gasteiger partial charge in [-0.3, -0.25) is 0 Å². The van der Waals surface area contributed by atoms with Crippen LogP contribution in [-0.2, 0) is 11.3 Å². The molecule has 1 atom stereocenters. The van der Waals surface area contributed by atoms with Crippen molar-refractivity contribution in [3.05, 3.63) is 58.5 Å². The SMILES string of the molecule is CC(NCCCOCc1ccco1)c1ccc(Br)cc1. The van der Waals surface area contributed by atoms with Gasteiger partial charge >= 0.3 is 0 Å². The number of furan rings is 1. The summed E-state index contributed by atoms with van der Waals surface area (Å²) in [5.41, 5.74) is 1.30. The summed E-state index contributed by atoms with van der Waals surface area (Å²) in [5, 5.41) is 3.49. The summed E-state index contributed by atoms with van der Waals surface area (Å²) in [7, 11) is 0. The number of halogens is 1. The summed E-state index contributed by atoms with van der Waals surface area (Å²) in [6.45, 7) is 4.40. The first-order valence-corrected chi connectivity index (χ1v) is 7.64. The van der Waals surface area contributed by atoms with Gasteiger partial charge in [0.1, 0.15) is 12.4 Å².